The van der Waals surface area contributed by atoms with Gasteiger partial charge in [0.05, 0.1) is 5.75 Å². The summed E-state index contributed by atoms with van der Waals surface area (Å²) in [5, 5.41) is 0. The molecule has 0 aromatic rings. The average molecular weight is 248 g/mol. The minimum atomic E-state index is -3.29. The molecule has 0 spiro atoms. The molecule has 80 valence electrons. The maximum Gasteiger partial charge on any atom is 0.213 e. The summed E-state index contributed by atoms with van der Waals surface area (Å²) in [6.45, 7) is 1.67. The second-order valence-electron chi connectivity index (χ2n) is 2.77. The van der Waals surface area contributed by atoms with Gasteiger partial charge in [0.15, 0.2) is 0 Å². The fourth-order valence-corrected chi connectivity index (χ4v) is 3.37. The van der Waals surface area contributed by atoms with Gasteiger partial charge >= 0.3 is 0 Å². The summed E-state index contributed by atoms with van der Waals surface area (Å²) >= 11 is 5.30. The van der Waals surface area contributed by atoms with Crippen LogP contribution in [0.3, 0.4) is 0 Å². The zero-order chi connectivity index (χ0) is 10.5. The van der Waals surface area contributed by atoms with E-state index in [1.54, 1.807) is 6.92 Å². The molecule has 13 heavy (non-hydrogen) atoms. The molecule has 0 amide bonds. The maximum atomic E-state index is 11.1. The second-order valence-corrected chi connectivity index (χ2v) is 6.50. The van der Waals surface area contributed by atoms with Crippen molar-refractivity contribution in [1.82, 2.24) is 4.72 Å². The normalized spacial score (nSPS) is 16.8. The van der Waals surface area contributed by atoms with Crippen LogP contribution in [0.5, 0.6) is 0 Å². The third-order valence-electron chi connectivity index (χ3n) is 1.21. The molecular weight excluding hydrogens is 234 g/mol. The molecule has 2 unspecified atom stereocenters. The van der Waals surface area contributed by atoms with Crippen LogP contribution in [-0.2, 0) is 20.8 Å². The molecule has 7 heteroatoms. The molecule has 0 heterocycles. The van der Waals surface area contributed by atoms with E-state index >= 15 is 0 Å². The highest BCUT2D eigenvalue weighted by Crippen LogP contribution is 1.92. The van der Waals surface area contributed by atoms with E-state index in [2.05, 4.69) is 4.72 Å². The summed E-state index contributed by atoms with van der Waals surface area (Å²) < 4.78 is 35.4. The van der Waals surface area contributed by atoms with E-state index in [4.69, 9.17) is 11.6 Å². The van der Waals surface area contributed by atoms with Gasteiger partial charge < -0.3 is 0 Å². The molecule has 1 N–H and O–H groups in total. The minimum absolute atomic E-state index is 0.0667. The van der Waals surface area contributed by atoms with Gasteiger partial charge in [-0.05, 0) is 6.92 Å². The van der Waals surface area contributed by atoms with Crippen LogP contribution >= 0.6 is 11.6 Å². The summed E-state index contributed by atoms with van der Waals surface area (Å²) in [6, 6.07) is -0.306. The minimum Gasteiger partial charge on any atom is -0.260 e. The first-order valence-corrected chi connectivity index (χ1v) is 7.65. The Labute approximate surface area is 86.6 Å². The number of rotatable bonds is 6. The summed E-state index contributed by atoms with van der Waals surface area (Å²) in [5.41, 5.74) is 0. The molecule has 0 bridgehead atoms. The van der Waals surface area contributed by atoms with Crippen LogP contribution in [0.1, 0.15) is 6.92 Å². The largest absolute Gasteiger partial charge is 0.260 e. The SMILES string of the molecule is CC(CS(C)=O)NS(=O)(=O)CCCl. The molecule has 0 aromatic heterocycles. The monoisotopic (exact) mass is 247 g/mol. The number of nitrogens with one attached hydrogen (secondary N) is 1. The van der Waals surface area contributed by atoms with Crippen molar-refractivity contribution in [2.45, 2.75) is 13.0 Å². The predicted molar refractivity (Wildman–Crippen MR) is 56.0 cm³/mol. The lowest BCUT2D eigenvalue weighted by Crippen LogP contribution is -2.37. The zero-order valence-corrected chi connectivity index (χ0v) is 10.0. The Morgan fingerprint density at radius 1 is 1.54 bits per heavy atom. The third kappa shape index (κ3) is 7.42. The summed E-state index contributed by atoms with van der Waals surface area (Å²) in [4.78, 5) is 0. The molecule has 0 radical (unpaired) electrons. The molecule has 0 aromatic carbocycles. The van der Waals surface area contributed by atoms with Gasteiger partial charge in [-0.3, -0.25) is 4.21 Å². The van der Waals surface area contributed by atoms with Crippen molar-refractivity contribution in [1.29, 1.82) is 0 Å². The van der Waals surface area contributed by atoms with Crippen LogP contribution in [-0.4, -0.2) is 42.3 Å². The highest BCUT2D eigenvalue weighted by molar-refractivity contribution is 7.89. The topological polar surface area (TPSA) is 63.2 Å². The van der Waals surface area contributed by atoms with Crippen LogP contribution in [0.25, 0.3) is 0 Å². The number of sulfonamides is 1. The lowest BCUT2D eigenvalue weighted by atomic mass is 10.4. The molecule has 0 saturated carbocycles. The number of halogens is 1. The fourth-order valence-electron chi connectivity index (χ4n) is 0.853. The van der Waals surface area contributed by atoms with Crippen molar-refractivity contribution < 1.29 is 12.6 Å². The molecule has 0 aliphatic carbocycles. The molecule has 0 rings (SSSR count). The van der Waals surface area contributed by atoms with Crippen molar-refractivity contribution >= 4 is 32.4 Å². The Bertz CT molecular complexity index is 265. The average Bonchev–Trinajstić information content (AvgIpc) is 1.81. The molecule has 0 aliphatic rings. The summed E-state index contributed by atoms with van der Waals surface area (Å²) in [5.74, 6) is 0.286. The lowest BCUT2D eigenvalue weighted by molar-refractivity contribution is 0.571. The van der Waals surface area contributed by atoms with Gasteiger partial charge in [-0.1, -0.05) is 0 Å². The first-order chi connectivity index (χ1) is 5.87. The van der Waals surface area contributed by atoms with Gasteiger partial charge in [0.25, 0.3) is 0 Å². The van der Waals surface area contributed by atoms with Crippen molar-refractivity contribution in [3.63, 3.8) is 0 Å². The zero-order valence-electron chi connectivity index (χ0n) is 7.62. The van der Waals surface area contributed by atoms with E-state index in [1.165, 1.54) is 6.26 Å². The summed E-state index contributed by atoms with van der Waals surface area (Å²) in [6.07, 6.45) is 1.53. The van der Waals surface area contributed by atoms with E-state index in [-0.39, 0.29) is 17.7 Å². The van der Waals surface area contributed by atoms with Crippen LogP contribution in [0.15, 0.2) is 0 Å². The molecule has 0 aliphatic heterocycles. The Hall–Kier alpha value is 0.350. The Morgan fingerprint density at radius 3 is 2.46 bits per heavy atom. The Balaban J connectivity index is 4.04. The van der Waals surface area contributed by atoms with Gasteiger partial charge in [0.2, 0.25) is 10.0 Å². The number of hydrogen-bond acceptors (Lipinski definition) is 3. The maximum absolute atomic E-state index is 11.1. The molecule has 2 atom stereocenters. The van der Waals surface area contributed by atoms with Gasteiger partial charge in [-0.25, -0.2) is 13.1 Å². The second kappa shape index (κ2) is 5.95. The van der Waals surface area contributed by atoms with Crippen molar-refractivity contribution in [2.24, 2.45) is 0 Å². The molecule has 0 fully saturated rings. The predicted octanol–water partition coefficient (Wildman–Crippen LogP) is -0.0884. The van der Waals surface area contributed by atoms with Crippen molar-refractivity contribution in [3.05, 3.63) is 0 Å². The van der Waals surface area contributed by atoms with E-state index in [0.29, 0.717) is 5.75 Å². The van der Waals surface area contributed by atoms with E-state index in [1.807, 2.05) is 0 Å². The highest BCUT2D eigenvalue weighted by atomic mass is 35.5. The lowest BCUT2D eigenvalue weighted by Gasteiger charge is -2.11. The van der Waals surface area contributed by atoms with Crippen LogP contribution in [0.2, 0.25) is 0 Å². The molecule has 4 nitrogen and oxygen atoms in total. The fraction of sp³-hybridized carbons (Fsp3) is 1.00. The Morgan fingerprint density at radius 2 is 2.08 bits per heavy atom. The standard InChI is InChI=1S/C6H14ClNO3S2/c1-6(5-12(2)9)8-13(10,11)4-3-7/h6,8H,3-5H2,1-2H3. The highest BCUT2D eigenvalue weighted by Gasteiger charge is 2.14. The van der Waals surface area contributed by atoms with E-state index in [9.17, 15) is 12.6 Å². The van der Waals surface area contributed by atoms with Gasteiger partial charge in [0, 0.05) is 34.7 Å². The van der Waals surface area contributed by atoms with Gasteiger partial charge in [0.1, 0.15) is 0 Å². The van der Waals surface area contributed by atoms with Crippen molar-refractivity contribution in [3.8, 4) is 0 Å². The quantitative estimate of drug-likeness (QED) is 0.668. The Kier molecular flexibility index (Phi) is 6.11. The van der Waals surface area contributed by atoms with E-state index < -0.39 is 20.8 Å². The summed E-state index contributed by atoms with van der Waals surface area (Å²) in [7, 11) is -4.29. The third-order valence-corrected chi connectivity index (χ3v) is 4.10. The molecular formula is C6H14ClNO3S2. The molecule has 0 saturated heterocycles. The van der Waals surface area contributed by atoms with Gasteiger partial charge in [-0.15, -0.1) is 11.6 Å². The first-order valence-electron chi connectivity index (χ1n) is 3.73. The van der Waals surface area contributed by atoms with Crippen LogP contribution < -0.4 is 4.72 Å². The van der Waals surface area contributed by atoms with E-state index in [0.717, 1.165) is 0 Å². The van der Waals surface area contributed by atoms with Gasteiger partial charge in [-0.2, -0.15) is 0 Å². The number of hydrogen-bond donors (Lipinski definition) is 1. The first kappa shape index (κ1) is 13.4. The van der Waals surface area contributed by atoms with Crippen LogP contribution in [0, 0.1) is 0 Å². The van der Waals surface area contributed by atoms with Crippen LogP contribution in [0.4, 0.5) is 0 Å². The smallest absolute Gasteiger partial charge is 0.213 e. The number of alkyl halides is 1. The van der Waals surface area contributed by atoms with Crippen molar-refractivity contribution in [2.75, 3.05) is 23.6 Å².